The van der Waals surface area contributed by atoms with Gasteiger partial charge in [0.1, 0.15) is 0 Å². The molecule has 0 aromatic carbocycles. The quantitative estimate of drug-likeness (QED) is 0.823. The fraction of sp³-hybridized carbons (Fsp3) is 0.588. The topological polar surface area (TPSA) is 51.5 Å². The Hall–Kier alpha value is -1.33. The van der Waals surface area contributed by atoms with Crippen LogP contribution in [0.1, 0.15) is 46.2 Å². The predicted molar refractivity (Wildman–Crippen MR) is 91.9 cm³/mol. The summed E-state index contributed by atoms with van der Waals surface area (Å²) in [7, 11) is 0. The van der Waals surface area contributed by atoms with Gasteiger partial charge in [-0.3, -0.25) is 4.79 Å². The highest BCUT2D eigenvalue weighted by atomic mass is 32.1. The molecule has 22 heavy (non-hydrogen) atoms. The van der Waals surface area contributed by atoms with Gasteiger partial charge in [-0.05, 0) is 23.3 Å². The molecule has 2 aromatic heterocycles. The van der Waals surface area contributed by atoms with Gasteiger partial charge in [-0.2, -0.15) is 0 Å². The molecule has 2 aromatic rings. The normalized spacial score (nSPS) is 12.0. The van der Waals surface area contributed by atoms with Crippen LogP contribution in [0, 0.1) is 5.41 Å². The molecule has 0 aliphatic carbocycles. The number of hydrogen-bond donors (Lipinski definition) is 1. The first-order valence-corrected chi connectivity index (χ1v) is 8.63. The Labute approximate surface area is 135 Å². The van der Waals surface area contributed by atoms with Crippen molar-refractivity contribution >= 4 is 21.4 Å². The molecule has 0 saturated heterocycles. The fourth-order valence-corrected chi connectivity index (χ4v) is 3.35. The van der Waals surface area contributed by atoms with Gasteiger partial charge in [-0.1, -0.05) is 34.1 Å². The fourth-order valence-electron chi connectivity index (χ4n) is 2.44. The molecule has 0 atom stereocenters. The lowest BCUT2D eigenvalue weighted by Gasteiger charge is -2.24. The molecule has 2 heterocycles. The number of nitrogens with zero attached hydrogens (tertiary/aromatic N) is 1. The molecule has 1 N–H and O–H groups in total. The van der Waals surface area contributed by atoms with E-state index in [4.69, 9.17) is 4.74 Å². The lowest BCUT2D eigenvalue weighted by molar-refractivity contribution is 0.237. The summed E-state index contributed by atoms with van der Waals surface area (Å²) in [6.07, 6.45) is 2.00. The van der Waals surface area contributed by atoms with Crippen LogP contribution in [0.5, 0.6) is 5.75 Å². The molecule has 4 nitrogen and oxygen atoms in total. The molecule has 0 aliphatic rings. The zero-order chi connectivity index (χ0) is 16.3. The first kappa shape index (κ1) is 17.0. The summed E-state index contributed by atoms with van der Waals surface area (Å²) >= 11 is 1.49. The van der Waals surface area contributed by atoms with E-state index in [1.807, 2.05) is 11.4 Å². The molecular formula is C17H25NO3S. The van der Waals surface area contributed by atoms with Crippen molar-refractivity contribution in [3.8, 4) is 5.75 Å². The van der Waals surface area contributed by atoms with Gasteiger partial charge >= 0.3 is 0 Å². The van der Waals surface area contributed by atoms with Gasteiger partial charge in [0, 0.05) is 6.54 Å². The van der Waals surface area contributed by atoms with Gasteiger partial charge in [0.25, 0.3) is 5.56 Å². The first-order valence-electron chi connectivity index (χ1n) is 7.75. The van der Waals surface area contributed by atoms with E-state index in [1.54, 1.807) is 4.57 Å². The number of pyridine rings is 1. The molecule has 0 fully saturated rings. The highest BCUT2D eigenvalue weighted by Gasteiger charge is 2.22. The highest BCUT2D eigenvalue weighted by molar-refractivity contribution is 7.17. The summed E-state index contributed by atoms with van der Waals surface area (Å²) in [5, 5.41) is 12.4. The monoisotopic (exact) mass is 323 g/mol. The van der Waals surface area contributed by atoms with Crippen molar-refractivity contribution in [3.63, 3.8) is 0 Å². The molecule has 5 heteroatoms. The van der Waals surface area contributed by atoms with Crippen molar-refractivity contribution < 1.29 is 9.84 Å². The maximum atomic E-state index is 12.7. The van der Waals surface area contributed by atoms with Crippen LogP contribution < -0.4 is 10.3 Å². The molecular weight excluding hydrogens is 298 g/mol. The van der Waals surface area contributed by atoms with E-state index in [-0.39, 0.29) is 17.6 Å². The number of hydrogen-bond acceptors (Lipinski definition) is 4. The number of ether oxygens (including phenoxy) is 1. The Bertz CT molecular complexity index is 694. The Morgan fingerprint density at radius 3 is 2.68 bits per heavy atom. The third-order valence-corrected chi connectivity index (χ3v) is 4.37. The SMILES string of the molecule is CCCCOc1c(CO)n(CC(C)(C)C)c(=O)c2ccsc12. The molecule has 0 saturated carbocycles. The first-order chi connectivity index (χ1) is 10.4. The standard InChI is InChI=1S/C17H25NO3S/c1-5-6-8-21-14-13(10-19)18(11-17(2,3)4)16(20)12-7-9-22-15(12)14/h7,9,19H,5-6,8,10-11H2,1-4H3. The number of fused-ring (bicyclic) bond motifs is 1. The van der Waals surface area contributed by atoms with Crippen molar-refractivity contribution in [2.45, 2.75) is 53.7 Å². The molecule has 122 valence electrons. The predicted octanol–water partition coefficient (Wildman–Crippen LogP) is 3.78. The summed E-state index contributed by atoms with van der Waals surface area (Å²) in [6.45, 7) is 9.31. The van der Waals surface area contributed by atoms with Gasteiger partial charge in [0.15, 0.2) is 5.75 Å². The van der Waals surface area contributed by atoms with Crippen molar-refractivity contribution in [2.24, 2.45) is 5.41 Å². The van der Waals surface area contributed by atoms with Gasteiger partial charge in [-0.15, -0.1) is 11.3 Å². The Balaban J connectivity index is 2.62. The average molecular weight is 323 g/mol. The Morgan fingerprint density at radius 2 is 2.09 bits per heavy atom. The molecule has 0 radical (unpaired) electrons. The lowest BCUT2D eigenvalue weighted by Crippen LogP contribution is -2.30. The summed E-state index contributed by atoms with van der Waals surface area (Å²) < 4.78 is 8.46. The van der Waals surface area contributed by atoms with Crippen LogP contribution in [-0.4, -0.2) is 16.3 Å². The van der Waals surface area contributed by atoms with Crippen LogP contribution in [0.25, 0.3) is 10.1 Å². The molecule has 0 aliphatic heterocycles. The zero-order valence-electron chi connectivity index (χ0n) is 13.8. The summed E-state index contributed by atoms with van der Waals surface area (Å²) in [5.41, 5.74) is 0.488. The van der Waals surface area contributed by atoms with Gasteiger partial charge < -0.3 is 14.4 Å². The van der Waals surface area contributed by atoms with E-state index >= 15 is 0 Å². The number of aromatic nitrogens is 1. The smallest absolute Gasteiger partial charge is 0.259 e. The minimum atomic E-state index is -0.194. The van der Waals surface area contributed by atoms with Gasteiger partial charge in [0.2, 0.25) is 0 Å². The van der Waals surface area contributed by atoms with Crippen LogP contribution in [0.2, 0.25) is 0 Å². The number of aliphatic hydroxyl groups is 1. The summed E-state index contributed by atoms with van der Waals surface area (Å²) in [4.78, 5) is 12.7. The minimum Gasteiger partial charge on any atom is -0.490 e. The second-order valence-corrected chi connectivity index (χ2v) is 7.67. The maximum absolute atomic E-state index is 12.7. The van der Waals surface area contributed by atoms with Crippen LogP contribution in [0.4, 0.5) is 0 Å². The maximum Gasteiger partial charge on any atom is 0.259 e. The van der Waals surface area contributed by atoms with Crippen molar-refractivity contribution in [1.82, 2.24) is 4.57 Å². The lowest BCUT2D eigenvalue weighted by atomic mass is 9.96. The van der Waals surface area contributed by atoms with E-state index in [9.17, 15) is 9.90 Å². The van der Waals surface area contributed by atoms with Crippen LogP contribution in [0.3, 0.4) is 0 Å². The van der Waals surface area contributed by atoms with Crippen molar-refractivity contribution in [1.29, 1.82) is 0 Å². The van der Waals surface area contributed by atoms with E-state index in [0.29, 0.717) is 30.0 Å². The summed E-state index contributed by atoms with van der Waals surface area (Å²) in [6, 6.07) is 1.84. The van der Waals surface area contributed by atoms with Crippen LogP contribution >= 0.6 is 11.3 Å². The zero-order valence-corrected chi connectivity index (χ0v) is 14.6. The molecule has 0 amide bonds. The van der Waals surface area contributed by atoms with E-state index in [0.717, 1.165) is 17.5 Å². The van der Waals surface area contributed by atoms with E-state index in [1.165, 1.54) is 11.3 Å². The number of thiophene rings is 1. The van der Waals surface area contributed by atoms with Crippen LogP contribution in [-0.2, 0) is 13.2 Å². The average Bonchev–Trinajstić information content (AvgIpc) is 2.92. The summed E-state index contributed by atoms with van der Waals surface area (Å²) in [5.74, 6) is 0.671. The largest absolute Gasteiger partial charge is 0.490 e. The highest BCUT2D eigenvalue weighted by Crippen LogP contribution is 2.33. The Kier molecular flexibility index (Phi) is 5.29. The van der Waals surface area contributed by atoms with E-state index < -0.39 is 0 Å². The second kappa shape index (κ2) is 6.84. The van der Waals surface area contributed by atoms with Gasteiger partial charge in [0.05, 0.1) is 29.0 Å². The molecule has 2 rings (SSSR count). The molecule has 0 bridgehead atoms. The minimum absolute atomic E-state index is 0.0435. The molecule has 0 unspecified atom stereocenters. The third kappa shape index (κ3) is 3.52. The second-order valence-electron chi connectivity index (χ2n) is 6.75. The number of unbranched alkanes of at least 4 members (excludes halogenated alkanes) is 1. The van der Waals surface area contributed by atoms with Crippen LogP contribution in [0.15, 0.2) is 16.2 Å². The number of aliphatic hydroxyl groups excluding tert-OH is 1. The van der Waals surface area contributed by atoms with E-state index in [2.05, 4.69) is 27.7 Å². The molecule has 0 spiro atoms. The van der Waals surface area contributed by atoms with Gasteiger partial charge in [-0.25, -0.2) is 0 Å². The third-order valence-electron chi connectivity index (χ3n) is 3.46. The van der Waals surface area contributed by atoms with Crippen molar-refractivity contribution in [3.05, 3.63) is 27.5 Å². The number of rotatable bonds is 6. The van der Waals surface area contributed by atoms with Crippen molar-refractivity contribution in [2.75, 3.05) is 6.61 Å². The Morgan fingerprint density at radius 1 is 1.36 bits per heavy atom.